The third kappa shape index (κ3) is 3.52. The maximum atomic E-state index is 13.6. The molecule has 19 heavy (non-hydrogen) atoms. The zero-order valence-corrected chi connectivity index (χ0v) is 11.9. The van der Waals surface area contributed by atoms with Gasteiger partial charge in [-0.1, -0.05) is 22.0 Å². The Hall–Kier alpha value is -1.46. The van der Waals surface area contributed by atoms with Crippen molar-refractivity contribution in [1.29, 1.82) is 0 Å². The molecule has 0 aliphatic carbocycles. The van der Waals surface area contributed by atoms with Crippen LogP contribution in [-0.4, -0.2) is 17.2 Å². The molecule has 3 nitrogen and oxygen atoms in total. The number of aliphatic hydroxyl groups excluding tert-OH is 1. The number of benzene rings is 1. The molecule has 0 fully saturated rings. The van der Waals surface area contributed by atoms with Crippen LogP contribution in [-0.2, 0) is 6.42 Å². The summed E-state index contributed by atoms with van der Waals surface area (Å²) >= 11 is 3.28. The Morgan fingerprint density at radius 3 is 2.89 bits per heavy atom. The lowest BCUT2D eigenvalue weighted by atomic mass is 10.0. The van der Waals surface area contributed by atoms with Crippen molar-refractivity contribution in [2.45, 2.75) is 12.5 Å². The van der Waals surface area contributed by atoms with Gasteiger partial charge in [0.1, 0.15) is 11.9 Å². The molecule has 0 bridgehead atoms. The van der Waals surface area contributed by atoms with Gasteiger partial charge < -0.3 is 9.84 Å². The first-order valence-electron chi connectivity index (χ1n) is 5.73. The number of nitrogens with zero attached hydrogens (tertiary/aromatic N) is 1. The molecule has 1 unspecified atom stereocenters. The summed E-state index contributed by atoms with van der Waals surface area (Å²) in [4.78, 5) is 4.13. The Morgan fingerprint density at radius 2 is 2.16 bits per heavy atom. The summed E-state index contributed by atoms with van der Waals surface area (Å²) in [5.41, 5.74) is 0.894. The fourth-order valence-electron chi connectivity index (χ4n) is 1.74. The fourth-order valence-corrected chi connectivity index (χ4v) is 2.15. The maximum Gasteiger partial charge on any atom is 0.213 e. The van der Waals surface area contributed by atoms with Crippen molar-refractivity contribution in [3.05, 3.63) is 57.9 Å². The van der Waals surface area contributed by atoms with Gasteiger partial charge in [-0.05, 0) is 29.8 Å². The van der Waals surface area contributed by atoms with Gasteiger partial charge in [0.15, 0.2) is 0 Å². The minimum absolute atomic E-state index is 0.158. The number of hydrogen-bond donors (Lipinski definition) is 1. The SMILES string of the molecule is COc1cccc(C(O)Cc2cc(Br)ccc2F)n1. The standard InChI is InChI=1S/C14H13BrFNO2/c1-19-14-4-2-3-12(17-14)13(18)8-9-7-10(15)5-6-11(9)16/h2-7,13,18H,8H2,1H3. The lowest BCUT2D eigenvalue weighted by molar-refractivity contribution is 0.171. The highest BCUT2D eigenvalue weighted by Gasteiger charge is 2.14. The van der Waals surface area contributed by atoms with Gasteiger partial charge in [0.2, 0.25) is 5.88 Å². The van der Waals surface area contributed by atoms with Crippen LogP contribution in [0.15, 0.2) is 40.9 Å². The Bertz CT molecular complexity index is 577. The van der Waals surface area contributed by atoms with Crippen LogP contribution in [0.3, 0.4) is 0 Å². The van der Waals surface area contributed by atoms with Crippen molar-refractivity contribution in [2.75, 3.05) is 7.11 Å². The van der Waals surface area contributed by atoms with Crippen LogP contribution in [0.1, 0.15) is 17.4 Å². The van der Waals surface area contributed by atoms with E-state index in [1.54, 1.807) is 30.3 Å². The van der Waals surface area contributed by atoms with Crippen LogP contribution in [0, 0.1) is 5.82 Å². The summed E-state index contributed by atoms with van der Waals surface area (Å²) in [6.45, 7) is 0. The van der Waals surface area contributed by atoms with Gasteiger partial charge in [-0.15, -0.1) is 0 Å². The minimum atomic E-state index is -0.876. The molecule has 0 saturated heterocycles. The van der Waals surface area contributed by atoms with Crippen molar-refractivity contribution in [2.24, 2.45) is 0 Å². The van der Waals surface area contributed by atoms with E-state index in [0.29, 0.717) is 17.1 Å². The van der Waals surface area contributed by atoms with Crippen molar-refractivity contribution >= 4 is 15.9 Å². The van der Waals surface area contributed by atoms with Gasteiger partial charge in [-0.2, -0.15) is 0 Å². The topological polar surface area (TPSA) is 42.4 Å². The molecular weight excluding hydrogens is 313 g/mol. The van der Waals surface area contributed by atoms with E-state index in [1.807, 2.05) is 0 Å². The van der Waals surface area contributed by atoms with Crippen LogP contribution < -0.4 is 4.74 Å². The highest BCUT2D eigenvalue weighted by atomic mass is 79.9. The van der Waals surface area contributed by atoms with Crippen LogP contribution in [0.25, 0.3) is 0 Å². The van der Waals surface area contributed by atoms with Crippen LogP contribution in [0.5, 0.6) is 5.88 Å². The summed E-state index contributed by atoms with van der Waals surface area (Å²) in [6.07, 6.45) is -0.718. The number of pyridine rings is 1. The molecule has 2 rings (SSSR count). The van der Waals surface area contributed by atoms with E-state index in [0.717, 1.165) is 4.47 Å². The van der Waals surface area contributed by atoms with E-state index in [2.05, 4.69) is 20.9 Å². The molecule has 5 heteroatoms. The van der Waals surface area contributed by atoms with E-state index in [4.69, 9.17) is 4.74 Å². The number of aliphatic hydroxyl groups is 1. The highest BCUT2D eigenvalue weighted by molar-refractivity contribution is 9.10. The average Bonchev–Trinajstić information content (AvgIpc) is 2.43. The molecule has 100 valence electrons. The second kappa shape index (κ2) is 6.12. The van der Waals surface area contributed by atoms with E-state index < -0.39 is 6.10 Å². The molecule has 0 amide bonds. The second-order valence-electron chi connectivity index (χ2n) is 4.06. The number of ether oxygens (including phenoxy) is 1. The van der Waals surface area contributed by atoms with Crippen LogP contribution in [0.2, 0.25) is 0 Å². The smallest absolute Gasteiger partial charge is 0.213 e. The number of hydrogen-bond acceptors (Lipinski definition) is 3. The van der Waals surface area contributed by atoms with Crippen molar-refractivity contribution in [3.63, 3.8) is 0 Å². The normalized spacial score (nSPS) is 12.2. The molecule has 0 saturated carbocycles. The van der Waals surface area contributed by atoms with Gasteiger partial charge in [-0.25, -0.2) is 9.37 Å². The zero-order chi connectivity index (χ0) is 13.8. The van der Waals surface area contributed by atoms with Gasteiger partial charge in [-0.3, -0.25) is 0 Å². The Labute approximate surface area is 119 Å². The summed E-state index contributed by atoms with van der Waals surface area (Å²) in [5.74, 6) is 0.0800. The molecular formula is C14H13BrFNO2. The third-order valence-electron chi connectivity index (χ3n) is 2.72. The van der Waals surface area contributed by atoms with E-state index in [9.17, 15) is 9.50 Å². The molecule has 1 N–H and O–H groups in total. The largest absolute Gasteiger partial charge is 0.481 e. The molecule has 1 heterocycles. The number of methoxy groups -OCH3 is 1. The number of aromatic nitrogens is 1. The van der Waals surface area contributed by atoms with E-state index >= 15 is 0 Å². The Kier molecular flexibility index (Phi) is 4.50. The summed E-state index contributed by atoms with van der Waals surface area (Å²) in [5, 5.41) is 10.1. The first-order chi connectivity index (χ1) is 9.10. The molecule has 1 aromatic carbocycles. The van der Waals surface area contributed by atoms with Gasteiger partial charge in [0, 0.05) is 17.0 Å². The summed E-state index contributed by atoms with van der Waals surface area (Å²) in [6, 6.07) is 9.75. The van der Waals surface area contributed by atoms with Crippen molar-refractivity contribution in [3.8, 4) is 5.88 Å². The van der Waals surface area contributed by atoms with E-state index in [-0.39, 0.29) is 12.2 Å². The molecule has 0 aliphatic rings. The first-order valence-corrected chi connectivity index (χ1v) is 6.52. The van der Waals surface area contributed by atoms with Crippen molar-refractivity contribution < 1.29 is 14.2 Å². The van der Waals surface area contributed by atoms with Gasteiger partial charge in [0.25, 0.3) is 0 Å². The molecule has 0 radical (unpaired) electrons. The number of halogens is 2. The molecule has 2 aromatic rings. The molecule has 1 aromatic heterocycles. The predicted octanol–water partition coefficient (Wildman–Crippen LogP) is 3.27. The average molecular weight is 326 g/mol. The molecule has 1 atom stereocenters. The quantitative estimate of drug-likeness (QED) is 0.938. The number of rotatable bonds is 4. The highest BCUT2D eigenvalue weighted by Crippen LogP contribution is 2.22. The predicted molar refractivity (Wildman–Crippen MR) is 73.6 cm³/mol. The van der Waals surface area contributed by atoms with E-state index in [1.165, 1.54) is 13.2 Å². The van der Waals surface area contributed by atoms with Crippen LogP contribution >= 0.6 is 15.9 Å². The Balaban J connectivity index is 2.20. The lowest BCUT2D eigenvalue weighted by Crippen LogP contribution is -2.06. The molecule has 0 aliphatic heterocycles. The fraction of sp³-hybridized carbons (Fsp3) is 0.214. The summed E-state index contributed by atoms with van der Waals surface area (Å²) < 4.78 is 19.4. The maximum absolute atomic E-state index is 13.6. The Morgan fingerprint density at radius 1 is 1.37 bits per heavy atom. The second-order valence-corrected chi connectivity index (χ2v) is 4.98. The monoisotopic (exact) mass is 325 g/mol. The van der Waals surface area contributed by atoms with Gasteiger partial charge >= 0.3 is 0 Å². The summed E-state index contributed by atoms with van der Waals surface area (Å²) in [7, 11) is 1.51. The third-order valence-corrected chi connectivity index (χ3v) is 3.21. The minimum Gasteiger partial charge on any atom is -0.481 e. The zero-order valence-electron chi connectivity index (χ0n) is 10.3. The van der Waals surface area contributed by atoms with Gasteiger partial charge in [0.05, 0.1) is 12.8 Å². The van der Waals surface area contributed by atoms with Crippen molar-refractivity contribution in [1.82, 2.24) is 4.98 Å². The first kappa shape index (κ1) is 14.0. The lowest BCUT2D eigenvalue weighted by Gasteiger charge is -2.12. The molecule has 0 spiro atoms. The van der Waals surface area contributed by atoms with Crippen LogP contribution in [0.4, 0.5) is 4.39 Å².